The average Bonchev–Trinajstić information content (AvgIpc) is 2.75. The van der Waals surface area contributed by atoms with Gasteiger partial charge in [-0.1, -0.05) is 71.1 Å². The van der Waals surface area contributed by atoms with Crippen molar-refractivity contribution in [3.8, 4) is 0 Å². The highest BCUT2D eigenvalue weighted by atomic mass is 79.9. The predicted octanol–water partition coefficient (Wildman–Crippen LogP) is 5.51. The Morgan fingerprint density at radius 1 is 1.03 bits per heavy atom. The molecule has 30 heavy (non-hydrogen) atoms. The van der Waals surface area contributed by atoms with Gasteiger partial charge < -0.3 is 10.2 Å². The van der Waals surface area contributed by atoms with E-state index in [1.54, 1.807) is 17.0 Å². The first-order valence-electron chi connectivity index (χ1n) is 10.5. The third-order valence-corrected chi connectivity index (χ3v) is 6.43. The Kier molecular flexibility index (Phi) is 8.34. The van der Waals surface area contributed by atoms with Crippen molar-refractivity contribution >= 4 is 39.3 Å². The summed E-state index contributed by atoms with van der Waals surface area (Å²) in [5.74, 6) is -0.157. The topological polar surface area (TPSA) is 49.4 Å². The number of halogens is 2. The van der Waals surface area contributed by atoms with Crippen LogP contribution in [0.4, 0.5) is 0 Å². The van der Waals surface area contributed by atoms with Crippen molar-refractivity contribution in [3.05, 3.63) is 69.2 Å². The van der Waals surface area contributed by atoms with Gasteiger partial charge in [-0.2, -0.15) is 0 Å². The summed E-state index contributed by atoms with van der Waals surface area (Å²) in [6.07, 6.45) is 5.80. The monoisotopic (exact) mass is 490 g/mol. The SMILES string of the molecule is C[C@H](C(=O)NC1CCCCC1)N(Cc1ccc(Br)cc1)C(=O)Cc1ccc(Cl)cc1. The van der Waals surface area contributed by atoms with Gasteiger partial charge in [0.15, 0.2) is 0 Å². The van der Waals surface area contributed by atoms with Crippen LogP contribution in [-0.4, -0.2) is 28.8 Å². The van der Waals surface area contributed by atoms with Gasteiger partial charge in [-0.15, -0.1) is 0 Å². The third-order valence-electron chi connectivity index (χ3n) is 5.65. The number of benzene rings is 2. The second-order valence-electron chi connectivity index (χ2n) is 7.97. The fourth-order valence-corrected chi connectivity index (χ4v) is 4.21. The van der Waals surface area contributed by atoms with Crippen LogP contribution in [-0.2, 0) is 22.6 Å². The molecule has 160 valence electrons. The van der Waals surface area contributed by atoms with Crippen LogP contribution in [0, 0.1) is 0 Å². The van der Waals surface area contributed by atoms with Crippen molar-refractivity contribution in [1.29, 1.82) is 0 Å². The molecule has 2 amide bonds. The second-order valence-corrected chi connectivity index (χ2v) is 9.32. The van der Waals surface area contributed by atoms with Gasteiger partial charge in [0.25, 0.3) is 0 Å². The summed E-state index contributed by atoms with van der Waals surface area (Å²) in [6, 6.07) is 14.8. The normalized spacial score (nSPS) is 15.4. The van der Waals surface area contributed by atoms with Crippen molar-refractivity contribution in [2.75, 3.05) is 0 Å². The molecule has 1 aliphatic carbocycles. The Morgan fingerprint density at radius 3 is 2.27 bits per heavy atom. The standard InChI is InChI=1S/C24H28BrClN2O2/c1-17(24(30)27-22-5-3-2-4-6-22)28(16-19-7-11-20(25)12-8-19)23(29)15-18-9-13-21(26)14-10-18/h7-14,17,22H,2-6,15-16H2,1H3,(H,27,30)/t17-/m1/s1. The average molecular weight is 492 g/mol. The molecule has 1 fully saturated rings. The van der Waals surface area contributed by atoms with Crippen LogP contribution in [0.25, 0.3) is 0 Å². The Bertz CT molecular complexity index is 849. The van der Waals surface area contributed by atoms with Gasteiger partial charge in [0.05, 0.1) is 6.42 Å². The zero-order chi connectivity index (χ0) is 21.5. The highest BCUT2D eigenvalue weighted by Gasteiger charge is 2.28. The van der Waals surface area contributed by atoms with E-state index >= 15 is 0 Å². The third kappa shape index (κ3) is 6.58. The van der Waals surface area contributed by atoms with E-state index in [0.717, 1.165) is 41.3 Å². The maximum Gasteiger partial charge on any atom is 0.242 e. The predicted molar refractivity (Wildman–Crippen MR) is 124 cm³/mol. The quantitative estimate of drug-likeness (QED) is 0.555. The van der Waals surface area contributed by atoms with Crippen LogP contribution in [0.15, 0.2) is 53.0 Å². The molecular weight excluding hydrogens is 464 g/mol. The lowest BCUT2D eigenvalue weighted by molar-refractivity contribution is -0.140. The molecule has 0 spiro atoms. The molecule has 0 unspecified atom stereocenters. The van der Waals surface area contributed by atoms with E-state index in [4.69, 9.17) is 11.6 Å². The van der Waals surface area contributed by atoms with Gasteiger partial charge >= 0.3 is 0 Å². The van der Waals surface area contributed by atoms with E-state index in [0.29, 0.717) is 11.6 Å². The number of hydrogen-bond acceptors (Lipinski definition) is 2. The van der Waals surface area contributed by atoms with Crippen molar-refractivity contribution in [1.82, 2.24) is 10.2 Å². The summed E-state index contributed by atoms with van der Waals surface area (Å²) in [6.45, 7) is 2.20. The smallest absolute Gasteiger partial charge is 0.242 e. The van der Waals surface area contributed by atoms with Gasteiger partial charge in [0.1, 0.15) is 6.04 Å². The number of carbonyl (C=O) groups excluding carboxylic acids is 2. The summed E-state index contributed by atoms with van der Waals surface area (Å²) in [5.41, 5.74) is 1.87. The molecule has 0 aliphatic heterocycles. The molecule has 6 heteroatoms. The zero-order valence-electron chi connectivity index (χ0n) is 17.2. The number of nitrogens with zero attached hydrogens (tertiary/aromatic N) is 1. The summed E-state index contributed by atoms with van der Waals surface area (Å²) in [5, 5.41) is 3.80. The van der Waals surface area contributed by atoms with Crippen molar-refractivity contribution < 1.29 is 9.59 Å². The molecule has 0 bridgehead atoms. The molecule has 3 rings (SSSR count). The molecule has 0 saturated heterocycles. The molecule has 1 saturated carbocycles. The lowest BCUT2D eigenvalue weighted by atomic mass is 9.95. The summed E-state index contributed by atoms with van der Waals surface area (Å²) < 4.78 is 0.980. The van der Waals surface area contributed by atoms with Gasteiger partial charge in [0, 0.05) is 22.1 Å². The molecule has 4 nitrogen and oxygen atoms in total. The summed E-state index contributed by atoms with van der Waals surface area (Å²) in [7, 11) is 0. The molecule has 1 atom stereocenters. The minimum atomic E-state index is -0.546. The van der Waals surface area contributed by atoms with Crippen molar-refractivity contribution in [2.45, 2.75) is 64.1 Å². The maximum atomic E-state index is 13.2. The van der Waals surface area contributed by atoms with Gasteiger partial charge in [-0.3, -0.25) is 9.59 Å². The first-order chi connectivity index (χ1) is 14.4. The lowest BCUT2D eigenvalue weighted by Crippen LogP contribution is -2.50. The molecule has 1 aliphatic rings. The summed E-state index contributed by atoms with van der Waals surface area (Å²) >= 11 is 9.41. The first kappa shape index (κ1) is 22.8. The molecule has 0 radical (unpaired) electrons. The van der Waals surface area contributed by atoms with Crippen LogP contribution in [0.2, 0.25) is 5.02 Å². The van der Waals surface area contributed by atoms with E-state index in [1.165, 1.54) is 6.42 Å². The van der Waals surface area contributed by atoms with Crippen molar-refractivity contribution in [2.24, 2.45) is 0 Å². The van der Waals surface area contributed by atoms with Crippen LogP contribution < -0.4 is 5.32 Å². The molecule has 0 heterocycles. The Balaban J connectivity index is 1.74. The van der Waals surface area contributed by atoms with Crippen LogP contribution in [0.3, 0.4) is 0 Å². The number of carbonyl (C=O) groups is 2. The van der Waals surface area contributed by atoms with E-state index in [2.05, 4.69) is 21.2 Å². The minimum Gasteiger partial charge on any atom is -0.352 e. The zero-order valence-corrected chi connectivity index (χ0v) is 19.6. The van der Waals surface area contributed by atoms with Crippen LogP contribution in [0.1, 0.15) is 50.2 Å². The largest absolute Gasteiger partial charge is 0.352 e. The van der Waals surface area contributed by atoms with Gasteiger partial charge in [0.2, 0.25) is 11.8 Å². The van der Waals surface area contributed by atoms with Crippen LogP contribution in [0.5, 0.6) is 0 Å². The fourth-order valence-electron chi connectivity index (χ4n) is 3.82. The molecular formula is C24H28BrClN2O2. The van der Waals surface area contributed by atoms with E-state index in [1.807, 2.05) is 43.3 Å². The van der Waals surface area contributed by atoms with Gasteiger partial charge in [-0.05, 0) is 55.2 Å². The number of nitrogens with one attached hydrogen (secondary N) is 1. The Hall–Kier alpha value is -1.85. The van der Waals surface area contributed by atoms with Crippen molar-refractivity contribution in [3.63, 3.8) is 0 Å². The van der Waals surface area contributed by atoms with E-state index in [-0.39, 0.29) is 24.3 Å². The maximum absolute atomic E-state index is 13.2. The molecule has 2 aromatic rings. The van der Waals surface area contributed by atoms with E-state index in [9.17, 15) is 9.59 Å². The first-order valence-corrected chi connectivity index (χ1v) is 11.7. The number of hydrogen-bond donors (Lipinski definition) is 1. The Morgan fingerprint density at radius 2 is 1.63 bits per heavy atom. The molecule has 1 N–H and O–H groups in total. The molecule has 0 aromatic heterocycles. The van der Waals surface area contributed by atoms with E-state index < -0.39 is 6.04 Å². The summed E-state index contributed by atoms with van der Waals surface area (Å²) in [4.78, 5) is 27.9. The number of amides is 2. The highest BCUT2D eigenvalue weighted by molar-refractivity contribution is 9.10. The Labute approximate surface area is 192 Å². The highest BCUT2D eigenvalue weighted by Crippen LogP contribution is 2.19. The number of rotatable bonds is 7. The lowest BCUT2D eigenvalue weighted by Gasteiger charge is -2.31. The fraction of sp³-hybridized carbons (Fsp3) is 0.417. The van der Waals surface area contributed by atoms with Gasteiger partial charge in [-0.25, -0.2) is 0 Å². The second kappa shape index (κ2) is 11.0. The van der Waals surface area contributed by atoms with Crippen LogP contribution >= 0.6 is 27.5 Å². The minimum absolute atomic E-state index is 0.0773. The molecule has 2 aromatic carbocycles.